The van der Waals surface area contributed by atoms with Gasteiger partial charge >= 0.3 is 35.5 Å². The van der Waals surface area contributed by atoms with Gasteiger partial charge in [-0.05, 0) is 16.0 Å². The van der Waals surface area contributed by atoms with Crippen LogP contribution in [0.25, 0.3) is 0 Å². The minimum absolute atomic E-state index is 0. The molecule has 2 aromatic rings. The van der Waals surface area contributed by atoms with Gasteiger partial charge in [-0.15, -0.1) is 16.9 Å². The Labute approximate surface area is 225 Å². The van der Waals surface area contributed by atoms with Crippen LogP contribution < -0.4 is 40.0 Å². The van der Waals surface area contributed by atoms with Crippen LogP contribution in [0.1, 0.15) is 18.3 Å². The topological polar surface area (TPSA) is 180 Å². The number of carbonyl (C=O) groups is 4. The zero-order chi connectivity index (χ0) is 24.3. The normalized spacial score (nSPS) is 20.9. The molecule has 13 nitrogen and oxygen atoms in total. The zero-order valence-corrected chi connectivity index (χ0v) is 21.7. The Morgan fingerprint density at radius 2 is 2.03 bits per heavy atom. The molecule has 1 aromatic heterocycles. The van der Waals surface area contributed by atoms with E-state index in [9.17, 15) is 24.3 Å². The van der Waals surface area contributed by atoms with Gasteiger partial charge in [0.25, 0.3) is 11.6 Å². The number of nitrogens with one attached hydrogen (secondary N) is 2. The first-order chi connectivity index (χ1) is 16.3. The molecule has 178 valence electrons. The van der Waals surface area contributed by atoms with Crippen molar-refractivity contribution in [2.45, 2.75) is 31.1 Å². The number of benzene rings is 1. The average Bonchev–Trinajstić information content (AvgIpc) is 3.32. The number of thioether (sulfide) groups is 1. The second-order valence-electron chi connectivity index (χ2n) is 7.44. The predicted molar refractivity (Wildman–Crippen MR) is 112 cm³/mol. The molecule has 2 aliphatic rings. The molecule has 0 bridgehead atoms. The van der Waals surface area contributed by atoms with Crippen LogP contribution in [0.2, 0.25) is 0 Å². The van der Waals surface area contributed by atoms with Gasteiger partial charge in [0.15, 0.2) is 5.82 Å². The van der Waals surface area contributed by atoms with Gasteiger partial charge in [-0.3, -0.25) is 19.3 Å². The third kappa shape index (κ3) is 5.56. The molecule has 2 atom stereocenters. The summed E-state index contributed by atoms with van der Waals surface area (Å²) in [6, 6.07) is 8.98. The number of aromatic nitrogens is 4. The summed E-state index contributed by atoms with van der Waals surface area (Å²) in [5.41, 5.74) is -1.28. The SMILES string of the molecule is CC(=O)OCC1=C(C(=O)[O-])N2C(=O)[C@](NC(=O)Cc3nnn[nH]3)(OCc3ccccc3)[C@H]2SC1.[Na+]. The number of carboxylic acid groups (broad SMARTS) is 1. The van der Waals surface area contributed by atoms with Crippen LogP contribution in [0.3, 0.4) is 0 Å². The number of β-lactam (4-membered cyclic amide) rings is 1. The number of rotatable bonds is 9. The molecule has 2 N–H and O–H groups in total. The van der Waals surface area contributed by atoms with Crippen LogP contribution in [0.5, 0.6) is 0 Å². The van der Waals surface area contributed by atoms with Crippen molar-refractivity contribution in [3.63, 3.8) is 0 Å². The molecule has 0 aliphatic carbocycles. The summed E-state index contributed by atoms with van der Waals surface area (Å²) in [6.07, 6.45) is -0.255. The molecule has 4 rings (SSSR count). The molecule has 2 amide bonds. The largest absolute Gasteiger partial charge is 1.00 e. The number of aliphatic carboxylic acids is 1. The number of H-pyrrole nitrogens is 1. The fraction of sp³-hybridized carbons (Fsp3) is 0.350. The van der Waals surface area contributed by atoms with Crippen molar-refractivity contribution in [1.82, 2.24) is 30.8 Å². The Morgan fingerprint density at radius 3 is 2.66 bits per heavy atom. The summed E-state index contributed by atoms with van der Waals surface area (Å²) >= 11 is 1.17. The molecular weight excluding hydrogens is 491 g/mol. The average molecular weight is 510 g/mol. The summed E-state index contributed by atoms with van der Waals surface area (Å²) in [5.74, 6) is -3.30. The second kappa shape index (κ2) is 11.3. The van der Waals surface area contributed by atoms with E-state index in [4.69, 9.17) is 9.47 Å². The molecule has 0 radical (unpaired) electrons. The van der Waals surface area contributed by atoms with E-state index in [1.54, 1.807) is 24.3 Å². The number of esters is 1. The Bertz CT molecular complexity index is 1150. The number of amides is 2. The standard InChI is InChI=1S/C20H20N6O7S.Na/c1-11(27)32-9-13-10-34-19-20(18(31)26(19)16(13)17(29)30,33-8-12-5-3-2-4-6-12)21-15(28)7-14-22-24-25-23-14;/h2-6,19H,7-10H2,1H3,(H,21,28)(H,29,30)(H,22,23,24,25);/q;+1/p-1/t19-,20+;/m1./s1. The molecule has 0 unspecified atom stereocenters. The fourth-order valence-electron chi connectivity index (χ4n) is 3.59. The van der Waals surface area contributed by atoms with Gasteiger partial charge in [-0.2, -0.15) is 0 Å². The van der Waals surface area contributed by atoms with E-state index < -0.39 is 40.5 Å². The number of carbonyl (C=O) groups excluding carboxylic acids is 4. The predicted octanol–water partition coefficient (Wildman–Crippen LogP) is -4.74. The van der Waals surface area contributed by atoms with E-state index in [0.717, 1.165) is 10.5 Å². The molecule has 0 saturated carbocycles. The number of hydrogen-bond donors (Lipinski definition) is 2. The van der Waals surface area contributed by atoms with Crippen LogP contribution in [-0.2, 0) is 41.7 Å². The van der Waals surface area contributed by atoms with Gasteiger partial charge in [-0.25, -0.2) is 5.10 Å². The fourth-order valence-corrected chi connectivity index (χ4v) is 4.98. The number of carboxylic acids is 1. The number of nitrogens with zero attached hydrogens (tertiary/aromatic N) is 4. The van der Waals surface area contributed by atoms with Crippen LogP contribution in [0.4, 0.5) is 0 Å². The molecule has 35 heavy (non-hydrogen) atoms. The van der Waals surface area contributed by atoms with Gasteiger partial charge in [-0.1, -0.05) is 30.3 Å². The van der Waals surface area contributed by atoms with E-state index in [0.29, 0.717) is 0 Å². The maximum Gasteiger partial charge on any atom is 1.00 e. The van der Waals surface area contributed by atoms with Crippen molar-refractivity contribution in [2.75, 3.05) is 12.4 Å². The summed E-state index contributed by atoms with van der Waals surface area (Å²) in [4.78, 5) is 50.2. The van der Waals surface area contributed by atoms with Gasteiger partial charge in [0.1, 0.15) is 12.0 Å². The quantitative estimate of drug-likeness (QED) is 0.143. The van der Waals surface area contributed by atoms with E-state index in [1.165, 1.54) is 18.7 Å². The van der Waals surface area contributed by atoms with Crippen molar-refractivity contribution in [1.29, 1.82) is 0 Å². The monoisotopic (exact) mass is 510 g/mol. The molecule has 1 fully saturated rings. The Morgan fingerprint density at radius 1 is 1.29 bits per heavy atom. The Hall–Kier alpha value is -2.78. The number of tetrazole rings is 1. The van der Waals surface area contributed by atoms with E-state index in [2.05, 4.69) is 25.9 Å². The van der Waals surface area contributed by atoms with Crippen molar-refractivity contribution >= 4 is 35.5 Å². The van der Waals surface area contributed by atoms with Gasteiger partial charge < -0.3 is 24.7 Å². The maximum atomic E-state index is 13.4. The third-order valence-corrected chi connectivity index (χ3v) is 6.48. The molecule has 0 spiro atoms. The summed E-state index contributed by atoms with van der Waals surface area (Å²) in [5, 5.41) is 26.5. The maximum absolute atomic E-state index is 13.4. The first-order valence-electron chi connectivity index (χ1n) is 10.1. The molecule has 15 heteroatoms. The summed E-state index contributed by atoms with van der Waals surface area (Å²) in [6.45, 7) is 0.867. The van der Waals surface area contributed by atoms with Gasteiger partial charge in [0, 0.05) is 18.2 Å². The molecule has 1 aromatic carbocycles. The van der Waals surface area contributed by atoms with Gasteiger partial charge in [0.05, 0.1) is 24.7 Å². The van der Waals surface area contributed by atoms with E-state index in [1.807, 2.05) is 6.07 Å². The smallest absolute Gasteiger partial charge is 0.543 e. The van der Waals surface area contributed by atoms with Crippen LogP contribution in [0, 0.1) is 0 Å². The first-order valence-corrected chi connectivity index (χ1v) is 11.1. The first kappa shape index (κ1) is 26.8. The van der Waals surface area contributed by atoms with Crippen LogP contribution >= 0.6 is 11.8 Å². The van der Waals surface area contributed by atoms with E-state index in [-0.39, 0.29) is 66.3 Å². The number of hydrogen-bond acceptors (Lipinski definition) is 11. The number of fused-ring (bicyclic) bond motifs is 1. The van der Waals surface area contributed by atoms with Crippen molar-refractivity contribution in [3.05, 3.63) is 53.0 Å². The summed E-state index contributed by atoms with van der Waals surface area (Å²) < 4.78 is 10.9. The molecule has 2 aliphatic heterocycles. The van der Waals surface area contributed by atoms with Crippen LogP contribution in [-0.4, -0.2) is 72.7 Å². The minimum atomic E-state index is -1.83. The van der Waals surface area contributed by atoms with Crippen molar-refractivity contribution < 1.29 is 63.3 Å². The zero-order valence-electron chi connectivity index (χ0n) is 18.8. The second-order valence-corrected chi connectivity index (χ2v) is 8.51. The Balaban J connectivity index is 0.00000342. The van der Waals surface area contributed by atoms with Crippen molar-refractivity contribution in [3.8, 4) is 0 Å². The van der Waals surface area contributed by atoms with E-state index >= 15 is 0 Å². The number of ether oxygens (including phenoxy) is 2. The minimum Gasteiger partial charge on any atom is -0.543 e. The molecular formula is C20H19N6NaO7S. The third-order valence-electron chi connectivity index (χ3n) is 5.10. The summed E-state index contributed by atoms with van der Waals surface area (Å²) in [7, 11) is 0. The van der Waals surface area contributed by atoms with Crippen molar-refractivity contribution in [2.24, 2.45) is 0 Å². The van der Waals surface area contributed by atoms with Crippen LogP contribution in [0.15, 0.2) is 41.6 Å². The Kier molecular flexibility index (Phi) is 8.66. The van der Waals surface area contributed by atoms with Gasteiger partial charge in [0.2, 0.25) is 5.91 Å². The number of aromatic amines is 1. The molecule has 3 heterocycles. The molecule has 1 saturated heterocycles.